The predicted octanol–water partition coefficient (Wildman–Crippen LogP) is 21.3. The van der Waals surface area contributed by atoms with Crippen LogP contribution in [0, 0.1) is 0 Å². The number of esters is 1. The molecule has 0 bridgehead atoms. The van der Waals surface area contributed by atoms with Crippen molar-refractivity contribution in [3.63, 3.8) is 0 Å². The van der Waals surface area contributed by atoms with Gasteiger partial charge in [0.25, 0.3) is 0 Å². The molecule has 0 heterocycles. The molecule has 470 valence electrons. The van der Waals surface area contributed by atoms with Crippen molar-refractivity contribution in [3.8, 4) is 0 Å². The first-order valence-corrected chi connectivity index (χ1v) is 35.4. The molecule has 2 N–H and O–H groups in total. The monoisotopic (exact) mass is 1150 g/mol. The summed E-state index contributed by atoms with van der Waals surface area (Å²) in [6.07, 6.45) is 80.1. The molecular weight excluding hydrogens is 1020 g/mol. The van der Waals surface area contributed by atoms with Crippen molar-refractivity contribution in [1.82, 2.24) is 5.32 Å². The third-order valence-corrected chi connectivity index (χ3v) is 15.8. The molecule has 0 radical (unpaired) electrons. The number of phosphoric acid groups is 1. The van der Waals surface area contributed by atoms with E-state index >= 15 is 0 Å². The summed E-state index contributed by atoms with van der Waals surface area (Å²) in [6.45, 7) is 6.96. The molecule has 0 saturated heterocycles. The molecule has 0 aliphatic rings. The van der Waals surface area contributed by atoms with Crippen molar-refractivity contribution >= 4 is 19.7 Å². The van der Waals surface area contributed by atoms with Gasteiger partial charge in [0.15, 0.2) is 0 Å². The highest BCUT2D eigenvalue weighted by Gasteiger charge is 2.30. The zero-order chi connectivity index (χ0) is 59.3. The summed E-state index contributed by atoms with van der Waals surface area (Å²) in [5.41, 5.74) is 0. The minimum absolute atomic E-state index is 0.0312. The van der Waals surface area contributed by atoms with Crippen molar-refractivity contribution in [2.24, 2.45) is 0 Å². The van der Waals surface area contributed by atoms with Gasteiger partial charge in [0.1, 0.15) is 19.3 Å². The number of likely N-dealkylation sites (N-methyl/N-ethyl adjacent to an activating group) is 1. The number of quaternary nitrogens is 1. The highest BCUT2D eigenvalue weighted by molar-refractivity contribution is 7.47. The van der Waals surface area contributed by atoms with Crippen molar-refractivity contribution < 1.29 is 37.3 Å². The molecule has 10 heteroatoms. The van der Waals surface area contributed by atoms with Crippen LogP contribution >= 0.6 is 7.82 Å². The summed E-state index contributed by atoms with van der Waals surface area (Å²) in [4.78, 5) is 37.8. The van der Waals surface area contributed by atoms with Crippen molar-refractivity contribution in [3.05, 3.63) is 85.1 Å². The van der Waals surface area contributed by atoms with Crippen LogP contribution in [-0.4, -0.2) is 74.3 Å². The van der Waals surface area contributed by atoms with E-state index in [2.05, 4.69) is 99.0 Å². The molecule has 0 spiro atoms. The smallest absolute Gasteiger partial charge is 0.456 e. The molecule has 0 aromatic rings. The van der Waals surface area contributed by atoms with Crippen LogP contribution in [0.25, 0.3) is 0 Å². The molecule has 0 aromatic carbocycles. The van der Waals surface area contributed by atoms with Crippen molar-refractivity contribution in [2.45, 2.75) is 315 Å². The fourth-order valence-corrected chi connectivity index (χ4v) is 10.3. The SMILES string of the molecule is CCCCC/C=C\C/C=C\C/C=C\C/C=C\CCCCCC(=O)NC(COP(=O)(O)OCC[N+](C)(C)C)C(/C=C/CCCCCCCCCCCCC)OC(=O)CCCCCCCCCCCCCCC/C=C\C/C=C\CCCCC. The van der Waals surface area contributed by atoms with Gasteiger partial charge in [0, 0.05) is 12.8 Å². The lowest BCUT2D eigenvalue weighted by atomic mass is 10.0. The Hall–Kier alpha value is -2.81. The largest absolute Gasteiger partial charge is 0.472 e. The first-order valence-electron chi connectivity index (χ1n) is 33.9. The number of allylic oxidation sites excluding steroid dienone is 13. The van der Waals surface area contributed by atoms with Crippen LogP contribution in [0.4, 0.5) is 0 Å². The quantitative estimate of drug-likeness (QED) is 0.0205. The lowest BCUT2D eigenvalue weighted by Crippen LogP contribution is -2.47. The Kier molecular flexibility index (Phi) is 58.2. The van der Waals surface area contributed by atoms with Gasteiger partial charge in [0.2, 0.25) is 5.91 Å². The van der Waals surface area contributed by atoms with Gasteiger partial charge < -0.3 is 19.4 Å². The third kappa shape index (κ3) is 61.6. The lowest BCUT2D eigenvalue weighted by Gasteiger charge is -2.27. The number of hydrogen-bond donors (Lipinski definition) is 2. The Morgan fingerprint density at radius 2 is 0.753 bits per heavy atom. The van der Waals surface area contributed by atoms with Crippen LogP contribution in [0.1, 0.15) is 303 Å². The van der Waals surface area contributed by atoms with Gasteiger partial charge in [-0.15, -0.1) is 0 Å². The maximum absolute atomic E-state index is 13.6. The Labute approximate surface area is 501 Å². The number of carbonyl (C=O) groups is 2. The molecule has 0 fully saturated rings. The van der Waals surface area contributed by atoms with Crippen LogP contribution in [0.3, 0.4) is 0 Å². The van der Waals surface area contributed by atoms with E-state index in [9.17, 15) is 19.0 Å². The van der Waals surface area contributed by atoms with Crippen molar-refractivity contribution in [1.29, 1.82) is 0 Å². The van der Waals surface area contributed by atoms with E-state index in [0.717, 1.165) is 83.5 Å². The molecule has 3 atom stereocenters. The number of nitrogens with one attached hydrogen (secondary N) is 1. The number of phosphoric ester groups is 1. The normalized spacial score (nSPS) is 14.1. The number of unbranched alkanes of at least 4 members (excludes halogenated alkanes) is 33. The lowest BCUT2D eigenvalue weighted by molar-refractivity contribution is -0.870. The van der Waals surface area contributed by atoms with Gasteiger partial charge in [-0.1, -0.05) is 267 Å². The zero-order valence-electron chi connectivity index (χ0n) is 53.8. The highest BCUT2D eigenvalue weighted by atomic mass is 31.2. The summed E-state index contributed by atoms with van der Waals surface area (Å²) in [5.74, 6) is -0.537. The summed E-state index contributed by atoms with van der Waals surface area (Å²) < 4.78 is 30.8. The number of nitrogens with zero attached hydrogens (tertiary/aromatic N) is 1. The average Bonchev–Trinajstić information content (AvgIpc) is 3.44. The predicted molar refractivity (Wildman–Crippen MR) is 351 cm³/mol. The first-order chi connectivity index (χ1) is 39.4. The molecule has 0 rings (SSSR count). The standard InChI is InChI=1S/C71H129N2O7P/c1-7-10-13-16-19-22-25-28-30-32-34-35-36-37-39-41-43-46-49-52-55-58-61-64-71(75)80-69(62-59-56-53-50-47-44-27-24-21-18-15-12-9-3)68(67-79-81(76,77)78-66-65-73(4,5)6)72-70(74)63-60-57-54-51-48-45-42-40-38-33-31-29-26-23-20-17-14-11-8-2/h19-20,22-23,28-31,38,40,45,48,59,62,68-69H,7-18,21,24-27,32-37,39,41-44,46-47,49-58,60-61,63-67H2,1-6H3,(H-,72,74,76,77)/p+1/b22-19-,23-20-,30-28-,31-29-,40-38-,48-45-,62-59+. The van der Waals surface area contributed by atoms with Crippen LogP contribution in [0.5, 0.6) is 0 Å². The van der Waals surface area contributed by atoms with Gasteiger partial charge in [-0.25, -0.2) is 4.57 Å². The average molecular weight is 1150 g/mol. The van der Waals surface area contributed by atoms with Crippen molar-refractivity contribution in [2.75, 3.05) is 40.9 Å². The molecular formula is C71H130N2O7P+. The van der Waals surface area contributed by atoms with Gasteiger partial charge in [0.05, 0.1) is 33.8 Å². The molecule has 0 aliphatic carbocycles. The number of hydrogen-bond acceptors (Lipinski definition) is 6. The number of carbonyl (C=O) groups excluding carboxylic acids is 2. The van der Waals surface area contributed by atoms with Crippen LogP contribution < -0.4 is 5.32 Å². The van der Waals surface area contributed by atoms with Gasteiger partial charge >= 0.3 is 13.8 Å². The second kappa shape index (κ2) is 60.3. The fraction of sp³-hybridized carbons (Fsp3) is 0.775. The van der Waals surface area contributed by atoms with E-state index in [1.807, 2.05) is 33.3 Å². The first kappa shape index (κ1) is 78.2. The fourth-order valence-electron chi connectivity index (χ4n) is 9.54. The van der Waals surface area contributed by atoms with E-state index in [-0.39, 0.29) is 31.5 Å². The number of rotatable bonds is 61. The maximum atomic E-state index is 13.6. The topological polar surface area (TPSA) is 111 Å². The Morgan fingerprint density at radius 1 is 0.432 bits per heavy atom. The number of amides is 1. The summed E-state index contributed by atoms with van der Waals surface area (Å²) >= 11 is 0. The Bertz CT molecular complexity index is 1660. The summed E-state index contributed by atoms with van der Waals surface area (Å²) in [6, 6.07) is -0.869. The minimum Gasteiger partial charge on any atom is -0.456 e. The van der Waals surface area contributed by atoms with E-state index in [4.69, 9.17) is 13.8 Å². The molecule has 1 amide bonds. The molecule has 0 aliphatic heterocycles. The number of ether oxygens (including phenoxy) is 1. The van der Waals surface area contributed by atoms with Crippen LogP contribution in [-0.2, 0) is 27.9 Å². The molecule has 3 unspecified atom stereocenters. The van der Waals surface area contributed by atoms with Gasteiger partial charge in [-0.05, 0) is 109 Å². The van der Waals surface area contributed by atoms with E-state index < -0.39 is 20.0 Å². The third-order valence-electron chi connectivity index (χ3n) is 14.8. The van der Waals surface area contributed by atoms with Gasteiger partial charge in [-0.3, -0.25) is 18.6 Å². The van der Waals surface area contributed by atoms with E-state index in [1.54, 1.807) is 0 Å². The summed E-state index contributed by atoms with van der Waals surface area (Å²) in [7, 11) is 1.47. The molecule has 0 saturated carbocycles. The van der Waals surface area contributed by atoms with E-state index in [1.165, 1.54) is 180 Å². The van der Waals surface area contributed by atoms with E-state index in [0.29, 0.717) is 23.9 Å². The second-order valence-electron chi connectivity index (χ2n) is 24.0. The molecule has 81 heavy (non-hydrogen) atoms. The second-order valence-corrected chi connectivity index (χ2v) is 25.4. The van der Waals surface area contributed by atoms with Crippen LogP contribution in [0.15, 0.2) is 85.1 Å². The maximum Gasteiger partial charge on any atom is 0.472 e. The molecule has 0 aromatic heterocycles. The Balaban J connectivity index is 5.22. The highest BCUT2D eigenvalue weighted by Crippen LogP contribution is 2.43. The zero-order valence-corrected chi connectivity index (χ0v) is 54.7. The van der Waals surface area contributed by atoms with Gasteiger partial charge in [-0.2, -0.15) is 0 Å². The summed E-state index contributed by atoms with van der Waals surface area (Å²) in [5, 5.41) is 3.05. The Morgan fingerprint density at radius 3 is 1.16 bits per heavy atom. The minimum atomic E-state index is -4.47. The molecule has 9 nitrogen and oxygen atoms in total. The van der Waals surface area contributed by atoms with Crippen LogP contribution in [0.2, 0.25) is 0 Å².